The van der Waals surface area contributed by atoms with Gasteiger partial charge in [0, 0.05) is 0 Å². The van der Waals surface area contributed by atoms with Crippen LogP contribution in [-0.2, 0) is 0 Å². The fourth-order valence-electron chi connectivity index (χ4n) is 2.44. The summed E-state index contributed by atoms with van der Waals surface area (Å²) < 4.78 is 0. The Bertz CT molecular complexity index is 116. The Morgan fingerprint density at radius 2 is 2.09 bits per heavy atom. The van der Waals surface area contributed by atoms with Crippen LogP contribution >= 0.6 is 0 Å². The van der Waals surface area contributed by atoms with Crippen molar-refractivity contribution in [1.82, 2.24) is 0 Å². The van der Waals surface area contributed by atoms with Crippen LogP contribution in [-0.4, -0.2) is 15.7 Å². The summed E-state index contributed by atoms with van der Waals surface area (Å²) in [5.41, 5.74) is -0.0877. The second kappa shape index (κ2) is 3.69. The molecule has 0 saturated heterocycles. The van der Waals surface area contributed by atoms with Crippen molar-refractivity contribution in [3.8, 4) is 0 Å². The topological polar surface area (TPSA) is 0 Å². The number of hydrogen-bond acceptors (Lipinski definition) is 0. The Kier molecular flexibility index (Phi) is 3.09. The van der Waals surface area contributed by atoms with Crippen LogP contribution in [0.3, 0.4) is 0 Å². The van der Waals surface area contributed by atoms with Gasteiger partial charge in [-0.25, -0.2) is 0 Å². The number of hydrogen-bond donors (Lipinski definition) is 0. The van der Waals surface area contributed by atoms with Gasteiger partial charge < -0.3 is 0 Å². The maximum absolute atomic E-state index is 5.69. The van der Waals surface area contributed by atoms with Crippen molar-refractivity contribution in [2.75, 3.05) is 0 Å². The van der Waals surface area contributed by atoms with E-state index in [-0.39, 0.29) is 5.72 Å². The quantitative estimate of drug-likeness (QED) is 0.535. The molecule has 0 aromatic rings. The van der Waals surface area contributed by atoms with Crippen LogP contribution in [0.2, 0.25) is 5.72 Å². The van der Waals surface area contributed by atoms with E-state index in [1.807, 2.05) is 0 Å². The van der Waals surface area contributed by atoms with Crippen LogP contribution in [0, 0.1) is 17.8 Å². The van der Waals surface area contributed by atoms with Crippen LogP contribution < -0.4 is 0 Å². The van der Waals surface area contributed by atoms with E-state index in [1.54, 1.807) is 0 Å². The van der Waals surface area contributed by atoms with E-state index in [0.717, 1.165) is 11.8 Å². The Balaban J connectivity index is 2.35. The number of rotatable bonds is 3. The molecule has 1 saturated carbocycles. The molecule has 0 nitrogen and oxygen atoms in total. The predicted octanol–water partition coefficient (Wildman–Crippen LogP) is 2.14. The lowest BCUT2D eigenvalue weighted by Crippen LogP contribution is -2.38. The minimum atomic E-state index is -0.0877. The molecular formula is C9H16B2. The largest absolute Gasteiger partial charge is 0.106 e. The summed E-state index contributed by atoms with van der Waals surface area (Å²) in [6, 6.07) is 0. The molecule has 0 heterocycles. The molecule has 4 radical (unpaired) electrons. The van der Waals surface area contributed by atoms with Crippen molar-refractivity contribution in [2.45, 2.75) is 38.8 Å². The van der Waals surface area contributed by atoms with E-state index in [2.05, 4.69) is 13.8 Å². The SMILES string of the molecule is [B]C([B])C1C(C)CC1CCC. The van der Waals surface area contributed by atoms with E-state index < -0.39 is 0 Å². The molecule has 1 rings (SSSR count). The average molecular weight is 146 g/mol. The van der Waals surface area contributed by atoms with Gasteiger partial charge in [-0.05, 0) is 24.2 Å². The molecule has 0 N–H and O–H groups in total. The third kappa shape index (κ3) is 1.83. The molecule has 0 aromatic heterocycles. The van der Waals surface area contributed by atoms with E-state index in [1.165, 1.54) is 19.3 Å². The molecular weight excluding hydrogens is 130 g/mol. The highest BCUT2D eigenvalue weighted by Gasteiger charge is 2.37. The third-order valence-electron chi connectivity index (χ3n) is 2.98. The van der Waals surface area contributed by atoms with Gasteiger partial charge in [-0.2, -0.15) is 0 Å². The van der Waals surface area contributed by atoms with Crippen LogP contribution in [0.4, 0.5) is 0 Å². The Hall–Kier alpha value is 0.130. The standard InChI is InChI=1S/C9H16B2/c1-3-4-7-5-6(2)8(7)9(10)11/h6-9H,3-5H2,1-2H3. The van der Waals surface area contributed by atoms with Crippen molar-refractivity contribution in [1.29, 1.82) is 0 Å². The van der Waals surface area contributed by atoms with E-state index in [0.29, 0.717) is 5.92 Å². The van der Waals surface area contributed by atoms with E-state index >= 15 is 0 Å². The van der Waals surface area contributed by atoms with Crippen molar-refractivity contribution in [3.05, 3.63) is 0 Å². The molecule has 1 aliphatic rings. The molecule has 2 heteroatoms. The summed E-state index contributed by atoms with van der Waals surface area (Å²) in [7, 11) is 11.4. The molecule has 58 valence electrons. The van der Waals surface area contributed by atoms with Gasteiger partial charge >= 0.3 is 0 Å². The van der Waals surface area contributed by atoms with Gasteiger partial charge in [-0.15, -0.1) is 5.72 Å². The zero-order chi connectivity index (χ0) is 8.43. The first-order valence-corrected chi connectivity index (χ1v) is 4.68. The molecule has 1 fully saturated rings. The Labute approximate surface area is 73.0 Å². The molecule has 0 bridgehead atoms. The van der Waals surface area contributed by atoms with Crippen LogP contribution in [0.25, 0.3) is 0 Å². The maximum atomic E-state index is 5.69. The highest BCUT2D eigenvalue weighted by molar-refractivity contribution is 6.35. The minimum Gasteiger partial charge on any atom is -0.106 e. The lowest BCUT2D eigenvalue weighted by molar-refractivity contribution is 0.0873. The third-order valence-corrected chi connectivity index (χ3v) is 2.98. The van der Waals surface area contributed by atoms with Gasteiger partial charge in [0.25, 0.3) is 0 Å². The monoisotopic (exact) mass is 146 g/mol. The van der Waals surface area contributed by atoms with Crippen LogP contribution in [0.5, 0.6) is 0 Å². The first-order valence-electron chi connectivity index (χ1n) is 4.68. The van der Waals surface area contributed by atoms with Gasteiger partial charge in [0.1, 0.15) is 0 Å². The molecule has 0 aliphatic heterocycles. The Morgan fingerprint density at radius 1 is 1.45 bits per heavy atom. The summed E-state index contributed by atoms with van der Waals surface area (Å²) in [5.74, 6) is 2.16. The van der Waals surface area contributed by atoms with Gasteiger partial charge in [-0.3, -0.25) is 0 Å². The second-order valence-electron chi connectivity index (χ2n) is 3.92. The molecule has 3 unspecified atom stereocenters. The van der Waals surface area contributed by atoms with Gasteiger partial charge in [0.2, 0.25) is 0 Å². The molecule has 0 aromatic carbocycles. The summed E-state index contributed by atoms with van der Waals surface area (Å²) in [6.07, 6.45) is 3.91. The normalized spacial score (nSPS) is 37.2. The summed E-state index contributed by atoms with van der Waals surface area (Å²) >= 11 is 0. The first-order chi connectivity index (χ1) is 5.16. The first kappa shape index (κ1) is 9.22. The van der Waals surface area contributed by atoms with Gasteiger partial charge in [0.05, 0.1) is 15.7 Å². The zero-order valence-corrected chi connectivity index (χ0v) is 7.59. The smallest absolute Gasteiger partial charge is 0.0579 e. The highest BCUT2D eigenvalue weighted by atomic mass is 14.4. The van der Waals surface area contributed by atoms with Crippen LogP contribution in [0.15, 0.2) is 0 Å². The fourth-order valence-corrected chi connectivity index (χ4v) is 2.44. The average Bonchev–Trinajstić information content (AvgIpc) is 1.85. The maximum Gasteiger partial charge on any atom is 0.0579 e. The molecule has 3 atom stereocenters. The van der Waals surface area contributed by atoms with Crippen molar-refractivity contribution in [3.63, 3.8) is 0 Å². The van der Waals surface area contributed by atoms with Crippen molar-refractivity contribution < 1.29 is 0 Å². The molecule has 1 aliphatic carbocycles. The second-order valence-corrected chi connectivity index (χ2v) is 3.92. The summed E-state index contributed by atoms with van der Waals surface area (Å²) in [5, 5.41) is 0. The molecule has 0 spiro atoms. The van der Waals surface area contributed by atoms with E-state index in [4.69, 9.17) is 15.7 Å². The summed E-state index contributed by atoms with van der Waals surface area (Å²) in [4.78, 5) is 0. The van der Waals surface area contributed by atoms with Crippen LogP contribution in [0.1, 0.15) is 33.1 Å². The van der Waals surface area contributed by atoms with Gasteiger partial charge in [0.15, 0.2) is 0 Å². The predicted molar refractivity (Wildman–Crippen MR) is 50.9 cm³/mol. The molecule has 0 amide bonds. The minimum absolute atomic E-state index is 0.0877. The lowest BCUT2D eigenvalue weighted by Gasteiger charge is -2.46. The summed E-state index contributed by atoms with van der Waals surface area (Å²) in [6.45, 7) is 4.48. The molecule has 11 heavy (non-hydrogen) atoms. The van der Waals surface area contributed by atoms with Gasteiger partial charge in [-0.1, -0.05) is 26.7 Å². The fraction of sp³-hybridized carbons (Fsp3) is 1.00. The van der Waals surface area contributed by atoms with Crippen molar-refractivity contribution >= 4 is 15.7 Å². The lowest BCUT2D eigenvalue weighted by atomic mass is 9.49. The Morgan fingerprint density at radius 3 is 2.45 bits per heavy atom. The van der Waals surface area contributed by atoms with Crippen molar-refractivity contribution in [2.24, 2.45) is 17.8 Å². The zero-order valence-electron chi connectivity index (χ0n) is 7.59. The highest BCUT2D eigenvalue weighted by Crippen LogP contribution is 2.47. The van der Waals surface area contributed by atoms with E-state index in [9.17, 15) is 0 Å².